The molecule has 0 unspecified atom stereocenters. The van der Waals surface area contributed by atoms with Gasteiger partial charge in [0, 0.05) is 16.2 Å². The van der Waals surface area contributed by atoms with Gasteiger partial charge in [0.05, 0.1) is 0 Å². The van der Waals surface area contributed by atoms with Crippen LogP contribution >= 0.6 is 0 Å². The van der Waals surface area contributed by atoms with Crippen molar-refractivity contribution in [3.8, 4) is 0 Å². The molecule has 1 aromatic rings. The van der Waals surface area contributed by atoms with Crippen LogP contribution in [0.15, 0.2) is 23.8 Å². The summed E-state index contributed by atoms with van der Waals surface area (Å²) in [6.45, 7) is 0. The van der Waals surface area contributed by atoms with Crippen molar-refractivity contribution < 1.29 is 36.2 Å². The number of hydrogen-bond donors (Lipinski definition) is 0. The summed E-state index contributed by atoms with van der Waals surface area (Å²) in [5, 5.41) is 0. The lowest BCUT2D eigenvalue weighted by Gasteiger charge is -2.07. The van der Waals surface area contributed by atoms with E-state index in [0.29, 0.717) is 18.2 Å². The van der Waals surface area contributed by atoms with E-state index < -0.39 is 34.9 Å². The number of carbonyl (C=O) groups is 1. The summed E-state index contributed by atoms with van der Waals surface area (Å²) >= 11 is 0. The van der Waals surface area contributed by atoms with Gasteiger partial charge in [-0.25, -0.2) is 18.5 Å². The Balaban J connectivity index is 3.28. The van der Waals surface area contributed by atoms with E-state index in [4.69, 9.17) is 0 Å². The van der Waals surface area contributed by atoms with Crippen LogP contribution in [-0.2, 0) is 9.74 Å². The van der Waals surface area contributed by atoms with Crippen molar-refractivity contribution in [3.63, 3.8) is 0 Å². The maximum absolute atomic E-state index is 13.1. The van der Waals surface area contributed by atoms with E-state index in [1.807, 2.05) is 0 Å². The number of hydrogen-bond acceptors (Lipinski definition) is 2. The second kappa shape index (κ2) is 5.11. The summed E-state index contributed by atoms with van der Waals surface area (Å²) in [5.41, 5.74) is -2.77. The van der Waals surface area contributed by atoms with Crippen molar-refractivity contribution in [2.75, 3.05) is 0 Å². The fraction of sp³-hybridized carbons (Fsp3) is 0.100. The average molecular weight is 270 g/mol. The van der Waals surface area contributed by atoms with E-state index in [9.17, 15) is 31.3 Å². The Labute approximate surface area is 96.4 Å². The molecule has 0 fully saturated rings. The first-order chi connectivity index (χ1) is 8.25. The lowest BCUT2D eigenvalue weighted by molar-refractivity contribution is -0.186. The highest BCUT2D eigenvalue weighted by molar-refractivity contribution is 5.94. The topological polar surface area (TPSA) is 26.3 Å². The molecule has 0 saturated carbocycles. The smallest absolute Gasteiger partial charge is 0.249 e. The van der Waals surface area contributed by atoms with E-state index in [1.54, 1.807) is 0 Å². The molecule has 0 spiro atoms. The summed E-state index contributed by atoms with van der Waals surface area (Å²) < 4.78 is 74.0. The van der Waals surface area contributed by atoms with Gasteiger partial charge in [0.1, 0.15) is 17.2 Å². The van der Waals surface area contributed by atoms with Crippen molar-refractivity contribution in [2.45, 2.75) is 6.18 Å². The Kier molecular flexibility index (Phi) is 4.00. The largest absolute Gasteiger partial charge is 0.423 e. The number of carbonyl (C=O) groups excluding carboxylic acids is 1. The summed E-state index contributed by atoms with van der Waals surface area (Å²) in [5.74, 6) is -4.65. The van der Waals surface area contributed by atoms with Crippen molar-refractivity contribution in [1.82, 2.24) is 0 Å². The van der Waals surface area contributed by atoms with Gasteiger partial charge in [-0.3, -0.25) is 0 Å². The fourth-order valence-corrected chi connectivity index (χ4v) is 1.07. The zero-order valence-electron chi connectivity index (χ0n) is 8.39. The summed E-state index contributed by atoms with van der Waals surface area (Å²) in [6.07, 6.45) is -5.21. The molecule has 0 bridgehead atoms. The van der Waals surface area contributed by atoms with Crippen LogP contribution in [0, 0.1) is 11.6 Å². The molecule has 1 aromatic carbocycles. The fourth-order valence-electron chi connectivity index (χ4n) is 1.07. The molecular formula is C10H4F6O2. The minimum Gasteiger partial charge on any atom is -0.249 e. The summed E-state index contributed by atoms with van der Waals surface area (Å²) in [4.78, 5) is 13.0. The SMILES string of the molecule is O=C(OF)/C(=C/c1ccc(F)cc1F)C(F)(F)F. The van der Waals surface area contributed by atoms with E-state index in [2.05, 4.69) is 4.94 Å². The van der Waals surface area contributed by atoms with Crippen LogP contribution in [0.25, 0.3) is 6.08 Å². The molecule has 8 heteroatoms. The molecule has 98 valence electrons. The molecule has 0 saturated heterocycles. The van der Waals surface area contributed by atoms with E-state index in [1.165, 1.54) is 0 Å². The van der Waals surface area contributed by atoms with Gasteiger partial charge in [-0.1, -0.05) is 0 Å². The molecule has 0 heterocycles. The number of halogens is 6. The van der Waals surface area contributed by atoms with Gasteiger partial charge in [0.25, 0.3) is 0 Å². The van der Waals surface area contributed by atoms with Crippen molar-refractivity contribution in [2.24, 2.45) is 0 Å². The summed E-state index contributed by atoms with van der Waals surface area (Å²) in [7, 11) is 0. The highest BCUT2D eigenvalue weighted by Crippen LogP contribution is 2.29. The number of benzene rings is 1. The first-order valence-corrected chi connectivity index (χ1v) is 4.32. The van der Waals surface area contributed by atoms with Gasteiger partial charge < -0.3 is 0 Å². The van der Waals surface area contributed by atoms with E-state index >= 15 is 0 Å². The third-order valence-electron chi connectivity index (χ3n) is 1.86. The van der Waals surface area contributed by atoms with Crippen LogP contribution in [0.4, 0.5) is 26.5 Å². The second-order valence-electron chi connectivity index (χ2n) is 3.09. The maximum Gasteiger partial charge on any atom is 0.423 e. The first kappa shape index (κ1) is 14.1. The Morgan fingerprint density at radius 2 is 1.83 bits per heavy atom. The molecule has 0 N–H and O–H groups in total. The third kappa shape index (κ3) is 3.25. The number of rotatable bonds is 2. The van der Waals surface area contributed by atoms with Gasteiger partial charge in [0.15, 0.2) is 0 Å². The Morgan fingerprint density at radius 1 is 1.22 bits per heavy atom. The van der Waals surface area contributed by atoms with Crippen molar-refractivity contribution >= 4 is 12.0 Å². The molecule has 0 aliphatic rings. The highest BCUT2D eigenvalue weighted by Gasteiger charge is 2.40. The third-order valence-corrected chi connectivity index (χ3v) is 1.86. The second-order valence-corrected chi connectivity index (χ2v) is 3.09. The molecule has 0 aliphatic carbocycles. The molecular weight excluding hydrogens is 266 g/mol. The normalized spacial score (nSPS) is 12.4. The van der Waals surface area contributed by atoms with E-state index in [-0.39, 0.29) is 6.08 Å². The standard InChI is InChI=1S/C10H4F6O2/c11-6-2-1-5(8(12)4-6)3-7(9(17)18-16)10(13,14)15/h1-4H/b7-3-. The summed E-state index contributed by atoms with van der Waals surface area (Å²) in [6, 6.07) is 1.67. The predicted octanol–water partition coefficient (Wildman–Crippen LogP) is 3.34. The Bertz CT molecular complexity index is 492. The Hall–Kier alpha value is -1.99. The zero-order chi connectivity index (χ0) is 13.9. The van der Waals surface area contributed by atoms with Gasteiger partial charge in [-0.15, -0.1) is 0 Å². The molecule has 1 rings (SSSR count). The molecule has 0 amide bonds. The van der Waals surface area contributed by atoms with E-state index in [0.717, 1.165) is 0 Å². The maximum atomic E-state index is 13.1. The van der Waals surface area contributed by atoms with Crippen molar-refractivity contribution in [1.29, 1.82) is 0 Å². The molecule has 0 radical (unpaired) electrons. The van der Waals surface area contributed by atoms with Crippen LogP contribution < -0.4 is 0 Å². The van der Waals surface area contributed by atoms with Crippen LogP contribution in [0.1, 0.15) is 5.56 Å². The van der Waals surface area contributed by atoms with Crippen LogP contribution in [0.3, 0.4) is 0 Å². The minimum absolute atomic E-state index is 0.0245. The van der Waals surface area contributed by atoms with Gasteiger partial charge in [-0.05, 0) is 18.2 Å². The molecule has 18 heavy (non-hydrogen) atoms. The van der Waals surface area contributed by atoms with Gasteiger partial charge >= 0.3 is 12.1 Å². The molecule has 0 atom stereocenters. The minimum atomic E-state index is -5.23. The highest BCUT2D eigenvalue weighted by atomic mass is 19.4. The number of alkyl halides is 3. The monoisotopic (exact) mass is 270 g/mol. The van der Waals surface area contributed by atoms with Crippen LogP contribution in [0.2, 0.25) is 0 Å². The lowest BCUT2D eigenvalue weighted by Crippen LogP contribution is -2.20. The quantitative estimate of drug-likeness (QED) is 0.608. The molecule has 2 nitrogen and oxygen atoms in total. The molecule has 0 aliphatic heterocycles. The predicted molar refractivity (Wildman–Crippen MR) is 47.6 cm³/mol. The molecule has 0 aromatic heterocycles. The van der Waals surface area contributed by atoms with Crippen LogP contribution in [0.5, 0.6) is 0 Å². The average Bonchev–Trinajstić information content (AvgIpc) is 2.25. The van der Waals surface area contributed by atoms with Gasteiger partial charge in [0.2, 0.25) is 0 Å². The Morgan fingerprint density at radius 3 is 2.28 bits per heavy atom. The lowest BCUT2D eigenvalue weighted by atomic mass is 10.1. The first-order valence-electron chi connectivity index (χ1n) is 4.32. The van der Waals surface area contributed by atoms with Crippen LogP contribution in [-0.4, -0.2) is 12.1 Å². The zero-order valence-corrected chi connectivity index (χ0v) is 8.39. The van der Waals surface area contributed by atoms with Crippen molar-refractivity contribution in [3.05, 3.63) is 41.0 Å². The van der Waals surface area contributed by atoms with Gasteiger partial charge in [-0.2, -0.15) is 13.2 Å².